The standard InChI is InChI=1S/C22H37N5O3.HI/c1-5-23-22(25-16-19(3)30-20-8-6-7-18(2)15-20)27-12-10-26(11-13-27)17-21(28)24-9-14-29-4;/h6-8,15,19H,5,9-14,16-17H2,1-4H3,(H,23,25)(H,24,28);1H. The highest BCUT2D eigenvalue weighted by Crippen LogP contribution is 2.14. The first kappa shape index (κ1) is 27.4. The number of aliphatic imine (C=N–C) groups is 1. The van der Waals surface area contributed by atoms with Gasteiger partial charge >= 0.3 is 0 Å². The number of halogens is 1. The molecule has 1 unspecified atom stereocenters. The third kappa shape index (κ3) is 10.5. The molecule has 0 spiro atoms. The number of methoxy groups -OCH3 is 1. The van der Waals surface area contributed by atoms with E-state index in [0.717, 1.165) is 44.4 Å². The Kier molecular flexibility index (Phi) is 13.5. The molecule has 0 aliphatic carbocycles. The number of rotatable bonds is 10. The average molecular weight is 547 g/mol. The monoisotopic (exact) mass is 547 g/mol. The van der Waals surface area contributed by atoms with Crippen molar-refractivity contribution >= 4 is 35.8 Å². The molecule has 176 valence electrons. The van der Waals surface area contributed by atoms with E-state index in [1.165, 1.54) is 5.56 Å². The van der Waals surface area contributed by atoms with Crippen LogP contribution in [0.3, 0.4) is 0 Å². The molecule has 8 nitrogen and oxygen atoms in total. The summed E-state index contributed by atoms with van der Waals surface area (Å²) in [5, 5.41) is 6.25. The van der Waals surface area contributed by atoms with Gasteiger partial charge in [-0.25, -0.2) is 4.99 Å². The van der Waals surface area contributed by atoms with Crippen molar-refractivity contribution in [3.05, 3.63) is 29.8 Å². The minimum Gasteiger partial charge on any atom is -0.489 e. The van der Waals surface area contributed by atoms with Gasteiger partial charge < -0.3 is 25.0 Å². The van der Waals surface area contributed by atoms with Gasteiger partial charge in [-0.1, -0.05) is 12.1 Å². The molecule has 9 heteroatoms. The zero-order valence-electron chi connectivity index (χ0n) is 19.2. The Hall–Kier alpha value is -1.59. The lowest BCUT2D eigenvalue weighted by atomic mass is 10.2. The van der Waals surface area contributed by atoms with Crippen molar-refractivity contribution in [3.63, 3.8) is 0 Å². The number of nitrogens with one attached hydrogen (secondary N) is 2. The van der Waals surface area contributed by atoms with Crippen molar-refractivity contribution in [3.8, 4) is 5.75 Å². The molecule has 0 radical (unpaired) electrons. The maximum atomic E-state index is 12.0. The molecule has 0 saturated carbocycles. The van der Waals surface area contributed by atoms with Crippen LogP contribution in [0.5, 0.6) is 5.75 Å². The lowest BCUT2D eigenvalue weighted by Gasteiger charge is -2.36. The molecular formula is C22H38IN5O3. The van der Waals surface area contributed by atoms with Crippen LogP contribution in [-0.2, 0) is 9.53 Å². The highest BCUT2D eigenvalue weighted by molar-refractivity contribution is 14.0. The fourth-order valence-corrected chi connectivity index (χ4v) is 3.27. The highest BCUT2D eigenvalue weighted by Gasteiger charge is 2.21. The van der Waals surface area contributed by atoms with E-state index in [0.29, 0.717) is 26.2 Å². The van der Waals surface area contributed by atoms with E-state index in [4.69, 9.17) is 14.5 Å². The van der Waals surface area contributed by atoms with Crippen LogP contribution >= 0.6 is 24.0 Å². The zero-order chi connectivity index (χ0) is 21.8. The van der Waals surface area contributed by atoms with E-state index in [1.807, 2.05) is 25.1 Å². The second-order valence-corrected chi connectivity index (χ2v) is 7.55. The number of carbonyl (C=O) groups is 1. The summed E-state index contributed by atoms with van der Waals surface area (Å²) in [6.45, 7) is 12.4. The zero-order valence-corrected chi connectivity index (χ0v) is 21.6. The van der Waals surface area contributed by atoms with Gasteiger partial charge in [0.25, 0.3) is 0 Å². The van der Waals surface area contributed by atoms with Crippen LogP contribution < -0.4 is 15.4 Å². The van der Waals surface area contributed by atoms with Gasteiger partial charge in [-0.2, -0.15) is 0 Å². The predicted molar refractivity (Wildman–Crippen MR) is 136 cm³/mol. The number of amides is 1. The molecule has 2 N–H and O–H groups in total. The molecule has 31 heavy (non-hydrogen) atoms. The molecule has 0 bridgehead atoms. The molecule has 1 saturated heterocycles. The predicted octanol–water partition coefficient (Wildman–Crippen LogP) is 1.73. The van der Waals surface area contributed by atoms with Crippen LogP contribution in [0, 0.1) is 6.92 Å². The summed E-state index contributed by atoms with van der Waals surface area (Å²) in [5.41, 5.74) is 1.18. The third-order valence-electron chi connectivity index (χ3n) is 4.83. The van der Waals surface area contributed by atoms with Gasteiger partial charge in [-0.3, -0.25) is 9.69 Å². The number of nitrogens with zero attached hydrogens (tertiary/aromatic N) is 3. The van der Waals surface area contributed by atoms with Crippen LogP contribution in [0.2, 0.25) is 0 Å². The quantitative estimate of drug-likeness (QED) is 0.201. The van der Waals surface area contributed by atoms with Crippen molar-refractivity contribution in [1.82, 2.24) is 20.4 Å². The molecular weight excluding hydrogens is 509 g/mol. The van der Waals surface area contributed by atoms with Crippen molar-refractivity contribution in [1.29, 1.82) is 0 Å². The van der Waals surface area contributed by atoms with E-state index < -0.39 is 0 Å². The van der Waals surface area contributed by atoms with Crippen LogP contribution in [0.4, 0.5) is 0 Å². The summed E-state index contributed by atoms with van der Waals surface area (Å²) in [7, 11) is 1.63. The number of hydrogen-bond donors (Lipinski definition) is 2. The Morgan fingerprint density at radius 3 is 2.61 bits per heavy atom. The topological polar surface area (TPSA) is 78.4 Å². The second-order valence-electron chi connectivity index (χ2n) is 7.55. The molecule has 1 aromatic rings. The number of benzene rings is 1. The van der Waals surface area contributed by atoms with E-state index in [2.05, 4.69) is 40.3 Å². The summed E-state index contributed by atoms with van der Waals surface area (Å²) in [6.07, 6.45) is -0.0162. The number of piperazine rings is 1. The lowest BCUT2D eigenvalue weighted by Crippen LogP contribution is -2.54. The maximum absolute atomic E-state index is 12.0. The van der Waals surface area contributed by atoms with Crippen molar-refractivity contribution in [2.24, 2.45) is 4.99 Å². The number of carbonyl (C=O) groups excluding carboxylic acids is 1. The smallest absolute Gasteiger partial charge is 0.234 e. The van der Waals surface area contributed by atoms with Gasteiger partial charge in [0.05, 0.1) is 19.7 Å². The Balaban J connectivity index is 0.00000480. The van der Waals surface area contributed by atoms with Gasteiger partial charge in [0, 0.05) is 46.4 Å². The summed E-state index contributed by atoms with van der Waals surface area (Å²) in [5.74, 6) is 1.82. The SMILES string of the molecule is CCNC(=NCC(C)Oc1cccc(C)c1)N1CCN(CC(=O)NCCOC)CC1.I. The lowest BCUT2D eigenvalue weighted by molar-refractivity contribution is -0.122. The minimum atomic E-state index is -0.0162. The maximum Gasteiger partial charge on any atom is 0.234 e. The fourth-order valence-electron chi connectivity index (χ4n) is 3.27. The summed E-state index contributed by atoms with van der Waals surface area (Å²) >= 11 is 0. The molecule has 1 amide bonds. The van der Waals surface area contributed by atoms with Gasteiger partial charge in [0.15, 0.2) is 5.96 Å². The first-order chi connectivity index (χ1) is 14.5. The Bertz CT molecular complexity index is 681. The molecule has 1 atom stereocenters. The van der Waals surface area contributed by atoms with Crippen molar-refractivity contribution < 1.29 is 14.3 Å². The number of aryl methyl sites for hydroxylation is 1. The second kappa shape index (κ2) is 15.3. The Morgan fingerprint density at radius 2 is 1.97 bits per heavy atom. The molecule has 1 fully saturated rings. The van der Waals surface area contributed by atoms with E-state index in [9.17, 15) is 4.79 Å². The van der Waals surface area contributed by atoms with Crippen molar-refractivity contribution in [2.75, 3.05) is 66.1 Å². The van der Waals surface area contributed by atoms with Gasteiger partial charge in [0.2, 0.25) is 5.91 Å². The molecule has 1 aliphatic rings. The summed E-state index contributed by atoms with van der Waals surface area (Å²) < 4.78 is 11.0. The van der Waals surface area contributed by atoms with Crippen LogP contribution in [0.15, 0.2) is 29.3 Å². The first-order valence-electron chi connectivity index (χ1n) is 10.8. The van der Waals surface area contributed by atoms with E-state index >= 15 is 0 Å². The minimum absolute atomic E-state index is 0. The fraction of sp³-hybridized carbons (Fsp3) is 0.636. The molecule has 0 aromatic heterocycles. The number of ether oxygens (including phenoxy) is 2. The number of hydrogen-bond acceptors (Lipinski definition) is 5. The highest BCUT2D eigenvalue weighted by atomic mass is 127. The molecule has 1 aliphatic heterocycles. The van der Waals surface area contributed by atoms with Crippen molar-refractivity contribution in [2.45, 2.75) is 26.9 Å². The van der Waals surface area contributed by atoms with E-state index in [1.54, 1.807) is 7.11 Å². The first-order valence-corrected chi connectivity index (χ1v) is 10.8. The molecule has 1 heterocycles. The van der Waals surface area contributed by atoms with E-state index in [-0.39, 0.29) is 36.0 Å². The van der Waals surface area contributed by atoms with Gasteiger partial charge in [-0.15, -0.1) is 24.0 Å². The summed E-state index contributed by atoms with van der Waals surface area (Å²) in [6, 6.07) is 8.07. The third-order valence-corrected chi connectivity index (χ3v) is 4.83. The number of guanidine groups is 1. The van der Waals surface area contributed by atoms with Gasteiger partial charge in [-0.05, 0) is 38.5 Å². The molecule has 2 rings (SSSR count). The average Bonchev–Trinajstić information content (AvgIpc) is 2.72. The largest absolute Gasteiger partial charge is 0.489 e. The normalized spacial score (nSPS) is 15.7. The van der Waals surface area contributed by atoms with Crippen LogP contribution in [-0.4, -0.2) is 93.8 Å². The Morgan fingerprint density at radius 1 is 1.23 bits per heavy atom. The van der Waals surface area contributed by atoms with Crippen LogP contribution in [0.1, 0.15) is 19.4 Å². The molecule has 1 aromatic carbocycles. The van der Waals surface area contributed by atoms with Crippen LogP contribution in [0.25, 0.3) is 0 Å². The Labute approximate surface area is 203 Å². The van der Waals surface area contributed by atoms with Gasteiger partial charge in [0.1, 0.15) is 11.9 Å². The summed E-state index contributed by atoms with van der Waals surface area (Å²) in [4.78, 5) is 21.2.